The van der Waals surface area contributed by atoms with Crippen molar-refractivity contribution in [1.82, 2.24) is 20.0 Å². The number of H-pyrrole nitrogens is 1. The zero-order chi connectivity index (χ0) is 15.1. The molecule has 2 heterocycles. The van der Waals surface area contributed by atoms with E-state index in [1.165, 1.54) is 0 Å². The fourth-order valence-electron chi connectivity index (χ4n) is 3.21. The van der Waals surface area contributed by atoms with Crippen LogP contribution in [0.15, 0.2) is 29.1 Å². The Morgan fingerprint density at radius 2 is 2.09 bits per heavy atom. The Balaban J connectivity index is 2.09. The maximum Gasteiger partial charge on any atom is 0.214 e. The monoisotopic (exact) mass is 296 g/mol. The molecular formula is C16H16N4O2. The molecule has 0 radical (unpaired) electrons. The lowest BCUT2D eigenvalue weighted by atomic mass is 9.94. The van der Waals surface area contributed by atoms with Crippen LogP contribution in [0.3, 0.4) is 0 Å². The van der Waals surface area contributed by atoms with Crippen LogP contribution in [-0.2, 0) is 12.8 Å². The van der Waals surface area contributed by atoms with Gasteiger partial charge in [0.1, 0.15) is 5.75 Å². The molecule has 112 valence electrons. The predicted octanol–water partition coefficient (Wildman–Crippen LogP) is 2.00. The molecule has 1 aliphatic rings. The van der Waals surface area contributed by atoms with Gasteiger partial charge in [0.2, 0.25) is 5.43 Å². The highest BCUT2D eigenvalue weighted by Gasteiger charge is 2.22. The number of aromatic amines is 1. The number of benzene rings is 1. The largest absolute Gasteiger partial charge is 0.497 e. The Labute approximate surface area is 126 Å². The van der Waals surface area contributed by atoms with E-state index in [-0.39, 0.29) is 5.43 Å². The second-order valence-electron chi connectivity index (χ2n) is 5.49. The van der Waals surface area contributed by atoms with Crippen LogP contribution in [0.2, 0.25) is 0 Å². The van der Waals surface area contributed by atoms with E-state index in [0.29, 0.717) is 11.2 Å². The fourth-order valence-corrected chi connectivity index (χ4v) is 3.21. The first-order valence-electron chi connectivity index (χ1n) is 7.41. The van der Waals surface area contributed by atoms with E-state index < -0.39 is 0 Å². The first kappa shape index (κ1) is 13.1. The number of ether oxygens (including phenoxy) is 1. The first-order valence-corrected chi connectivity index (χ1v) is 7.41. The van der Waals surface area contributed by atoms with Gasteiger partial charge in [0, 0.05) is 17.3 Å². The predicted molar refractivity (Wildman–Crippen MR) is 82.7 cm³/mol. The highest BCUT2D eigenvalue weighted by molar-refractivity contribution is 5.74. The van der Waals surface area contributed by atoms with Crippen LogP contribution in [0.5, 0.6) is 5.75 Å². The van der Waals surface area contributed by atoms with E-state index in [0.717, 1.165) is 48.4 Å². The third-order valence-corrected chi connectivity index (χ3v) is 4.25. The average molecular weight is 296 g/mol. The molecule has 0 saturated heterocycles. The average Bonchev–Trinajstić information content (AvgIpc) is 3.05. The molecule has 0 spiro atoms. The summed E-state index contributed by atoms with van der Waals surface area (Å²) >= 11 is 0. The van der Waals surface area contributed by atoms with Crippen molar-refractivity contribution in [3.63, 3.8) is 0 Å². The van der Waals surface area contributed by atoms with Gasteiger partial charge in [-0.3, -0.25) is 9.36 Å². The molecule has 22 heavy (non-hydrogen) atoms. The summed E-state index contributed by atoms with van der Waals surface area (Å²) in [6.07, 6.45) is 3.81. The third kappa shape index (κ3) is 1.83. The summed E-state index contributed by atoms with van der Waals surface area (Å²) in [5.74, 6) is 0.775. The molecule has 0 unspecified atom stereocenters. The van der Waals surface area contributed by atoms with Crippen molar-refractivity contribution >= 4 is 11.2 Å². The van der Waals surface area contributed by atoms with Gasteiger partial charge in [0.15, 0.2) is 11.2 Å². The lowest BCUT2D eigenvalue weighted by molar-refractivity contribution is 0.414. The summed E-state index contributed by atoms with van der Waals surface area (Å²) in [6.45, 7) is 0. The molecule has 2 aromatic heterocycles. The minimum atomic E-state index is 0.0117. The number of nitrogens with zero attached hydrogens (tertiary/aromatic N) is 3. The molecule has 6 heteroatoms. The molecule has 1 aliphatic carbocycles. The Hall–Kier alpha value is -2.63. The molecule has 0 saturated carbocycles. The van der Waals surface area contributed by atoms with Gasteiger partial charge in [-0.2, -0.15) is 10.3 Å². The fraction of sp³-hybridized carbons (Fsp3) is 0.312. The van der Waals surface area contributed by atoms with Gasteiger partial charge < -0.3 is 4.74 Å². The number of methoxy groups -OCH3 is 1. The van der Waals surface area contributed by atoms with Crippen LogP contribution >= 0.6 is 0 Å². The van der Waals surface area contributed by atoms with Gasteiger partial charge >= 0.3 is 0 Å². The second kappa shape index (κ2) is 4.98. The molecule has 0 atom stereocenters. The van der Waals surface area contributed by atoms with Crippen molar-refractivity contribution in [1.29, 1.82) is 0 Å². The topological polar surface area (TPSA) is 72.8 Å². The summed E-state index contributed by atoms with van der Waals surface area (Å²) in [4.78, 5) is 12.6. The lowest BCUT2D eigenvalue weighted by Crippen LogP contribution is -2.23. The second-order valence-corrected chi connectivity index (χ2v) is 5.49. The van der Waals surface area contributed by atoms with Gasteiger partial charge in [-0.25, -0.2) is 0 Å². The maximum atomic E-state index is 12.6. The summed E-state index contributed by atoms with van der Waals surface area (Å²) in [6, 6.07) is 7.79. The molecule has 3 aromatic rings. The van der Waals surface area contributed by atoms with Crippen LogP contribution in [0.4, 0.5) is 0 Å². The molecular weight excluding hydrogens is 280 g/mol. The molecule has 0 fully saturated rings. The lowest BCUT2D eigenvalue weighted by Gasteiger charge is -2.21. The molecule has 0 amide bonds. The SMILES string of the molecule is COc1cccc(-n2c3c(c(=O)c4n[nH]nc42)CCCC3)c1. The van der Waals surface area contributed by atoms with E-state index in [1.54, 1.807) is 7.11 Å². The van der Waals surface area contributed by atoms with Crippen molar-refractivity contribution in [2.24, 2.45) is 0 Å². The van der Waals surface area contributed by atoms with Gasteiger partial charge in [0.05, 0.1) is 12.8 Å². The van der Waals surface area contributed by atoms with Gasteiger partial charge in [0.25, 0.3) is 0 Å². The standard InChI is InChI=1S/C16H16N4O2/c1-22-11-6-4-5-10(9-11)20-13-8-3-2-7-12(13)15(21)14-16(20)18-19-17-14/h4-6,9H,2-3,7-8H2,1H3,(H,17,18,19). The molecule has 4 rings (SSSR count). The van der Waals surface area contributed by atoms with Crippen molar-refractivity contribution in [3.8, 4) is 11.4 Å². The maximum absolute atomic E-state index is 12.6. The quantitative estimate of drug-likeness (QED) is 0.785. The summed E-state index contributed by atoms with van der Waals surface area (Å²) in [5.41, 5.74) is 3.86. The van der Waals surface area contributed by atoms with Gasteiger partial charge in [-0.15, -0.1) is 5.10 Å². The van der Waals surface area contributed by atoms with Crippen LogP contribution < -0.4 is 10.2 Å². The third-order valence-electron chi connectivity index (χ3n) is 4.25. The van der Waals surface area contributed by atoms with E-state index in [9.17, 15) is 4.79 Å². The van der Waals surface area contributed by atoms with Crippen molar-refractivity contribution in [2.75, 3.05) is 7.11 Å². The Kier molecular flexibility index (Phi) is 2.96. The van der Waals surface area contributed by atoms with E-state index in [4.69, 9.17) is 4.74 Å². The highest BCUT2D eigenvalue weighted by Crippen LogP contribution is 2.26. The highest BCUT2D eigenvalue weighted by atomic mass is 16.5. The Morgan fingerprint density at radius 1 is 1.23 bits per heavy atom. The summed E-state index contributed by atoms with van der Waals surface area (Å²) in [7, 11) is 1.64. The molecule has 1 N–H and O–H groups in total. The van der Waals surface area contributed by atoms with Crippen molar-refractivity contribution in [2.45, 2.75) is 25.7 Å². The van der Waals surface area contributed by atoms with Crippen molar-refractivity contribution < 1.29 is 4.74 Å². The molecule has 0 aliphatic heterocycles. The van der Waals surface area contributed by atoms with E-state index in [2.05, 4.69) is 15.4 Å². The first-order chi connectivity index (χ1) is 10.8. The summed E-state index contributed by atoms with van der Waals surface area (Å²) < 4.78 is 7.36. The Bertz CT molecular complexity index is 910. The zero-order valence-corrected chi connectivity index (χ0v) is 12.3. The zero-order valence-electron chi connectivity index (χ0n) is 12.3. The number of hydrogen-bond acceptors (Lipinski definition) is 4. The van der Waals surface area contributed by atoms with Crippen LogP contribution in [0.1, 0.15) is 24.1 Å². The number of hydrogen-bond donors (Lipinski definition) is 1. The number of fused-ring (bicyclic) bond motifs is 2. The molecule has 0 bridgehead atoms. The summed E-state index contributed by atoms with van der Waals surface area (Å²) in [5, 5.41) is 10.8. The van der Waals surface area contributed by atoms with Crippen LogP contribution in [-0.4, -0.2) is 27.1 Å². The number of aromatic nitrogens is 4. The number of nitrogens with one attached hydrogen (secondary N) is 1. The van der Waals surface area contributed by atoms with E-state index in [1.807, 2.05) is 28.8 Å². The van der Waals surface area contributed by atoms with Crippen LogP contribution in [0, 0.1) is 0 Å². The van der Waals surface area contributed by atoms with E-state index >= 15 is 0 Å². The van der Waals surface area contributed by atoms with Gasteiger partial charge in [-0.1, -0.05) is 6.07 Å². The smallest absolute Gasteiger partial charge is 0.214 e. The van der Waals surface area contributed by atoms with Crippen LogP contribution in [0.25, 0.3) is 16.9 Å². The number of rotatable bonds is 2. The number of pyridine rings is 1. The van der Waals surface area contributed by atoms with Crippen molar-refractivity contribution in [3.05, 3.63) is 45.7 Å². The van der Waals surface area contributed by atoms with Gasteiger partial charge in [-0.05, 0) is 37.8 Å². The minimum absolute atomic E-state index is 0.0117. The Morgan fingerprint density at radius 3 is 2.95 bits per heavy atom. The molecule has 1 aromatic carbocycles. The normalized spacial score (nSPS) is 14.0. The molecule has 6 nitrogen and oxygen atoms in total. The minimum Gasteiger partial charge on any atom is -0.497 e.